The molecule has 21 heavy (non-hydrogen) atoms. The van der Waals surface area contributed by atoms with Crippen LogP contribution in [0.4, 0.5) is 0 Å². The summed E-state index contributed by atoms with van der Waals surface area (Å²) in [6, 6.07) is 0. The van der Waals surface area contributed by atoms with E-state index in [0.29, 0.717) is 0 Å². The Labute approximate surface area is 121 Å². The average molecular weight is 302 g/mol. The van der Waals surface area contributed by atoms with Crippen LogP contribution in [0.1, 0.15) is 26.7 Å². The molecule has 0 amide bonds. The van der Waals surface area contributed by atoms with Crippen LogP contribution in [0.5, 0.6) is 0 Å². The van der Waals surface area contributed by atoms with Crippen molar-refractivity contribution in [1.82, 2.24) is 0 Å². The molecule has 0 fully saturated rings. The van der Waals surface area contributed by atoms with E-state index in [9.17, 15) is 19.2 Å². The lowest BCUT2D eigenvalue weighted by Gasteiger charge is -2.16. The van der Waals surface area contributed by atoms with Gasteiger partial charge in [0.1, 0.15) is 6.61 Å². The van der Waals surface area contributed by atoms with Crippen LogP contribution in [-0.4, -0.2) is 47.8 Å². The summed E-state index contributed by atoms with van der Waals surface area (Å²) in [5.74, 6) is -3.68. The maximum absolute atomic E-state index is 11.6. The second-order valence-electron chi connectivity index (χ2n) is 4.02. The van der Waals surface area contributed by atoms with E-state index < -0.39 is 42.5 Å². The molecule has 0 aliphatic rings. The van der Waals surface area contributed by atoms with Crippen molar-refractivity contribution in [3.05, 3.63) is 12.7 Å². The van der Waals surface area contributed by atoms with E-state index in [1.165, 1.54) is 19.9 Å². The van der Waals surface area contributed by atoms with E-state index in [0.717, 1.165) is 0 Å². The van der Waals surface area contributed by atoms with Crippen molar-refractivity contribution < 1.29 is 38.5 Å². The minimum absolute atomic E-state index is 0.0134. The second kappa shape index (κ2) is 9.51. The Morgan fingerprint density at radius 3 is 2.14 bits per heavy atom. The second-order valence-corrected chi connectivity index (χ2v) is 4.02. The fraction of sp³-hybridized carbons (Fsp3) is 0.538. The van der Waals surface area contributed by atoms with Gasteiger partial charge in [-0.3, -0.25) is 9.59 Å². The van der Waals surface area contributed by atoms with E-state index in [-0.39, 0.29) is 13.0 Å². The van der Waals surface area contributed by atoms with Crippen LogP contribution in [-0.2, 0) is 33.4 Å². The van der Waals surface area contributed by atoms with Gasteiger partial charge in [-0.1, -0.05) is 12.7 Å². The Morgan fingerprint density at radius 1 is 1.05 bits per heavy atom. The Balaban J connectivity index is 4.19. The molecular formula is C13H18O8. The predicted molar refractivity (Wildman–Crippen MR) is 69.1 cm³/mol. The summed E-state index contributed by atoms with van der Waals surface area (Å²) >= 11 is 0. The fourth-order valence-corrected chi connectivity index (χ4v) is 1.09. The monoisotopic (exact) mass is 302 g/mol. The third-order valence-electron chi connectivity index (χ3n) is 2.15. The molecule has 0 saturated carbocycles. The zero-order chi connectivity index (χ0) is 16.4. The van der Waals surface area contributed by atoms with Crippen LogP contribution in [0.15, 0.2) is 12.7 Å². The molecule has 118 valence electrons. The molecule has 0 bridgehead atoms. The number of esters is 3. The maximum Gasteiger partial charge on any atom is 0.347 e. The Morgan fingerprint density at radius 2 is 1.62 bits per heavy atom. The zero-order valence-electron chi connectivity index (χ0n) is 11.9. The fourth-order valence-electron chi connectivity index (χ4n) is 1.09. The van der Waals surface area contributed by atoms with Gasteiger partial charge in [0.2, 0.25) is 0 Å². The summed E-state index contributed by atoms with van der Waals surface area (Å²) in [6.07, 6.45) is -1.80. The van der Waals surface area contributed by atoms with Gasteiger partial charge in [0.15, 0.2) is 12.2 Å². The predicted octanol–water partition coefficient (Wildman–Crippen LogP) is 0.444. The molecule has 0 aromatic rings. The van der Waals surface area contributed by atoms with Crippen LogP contribution < -0.4 is 0 Å². The third-order valence-corrected chi connectivity index (χ3v) is 2.15. The van der Waals surface area contributed by atoms with Gasteiger partial charge in [-0.2, -0.15) is 0 Å². The van der Waals surface area contributed by atoms with E-state index >= 15 is 0 Å². The number of hydrogen-bond donors (Lipinski definition) is 1. The highest BCUT2D eigenvalue weighted by atomic mass is 16.6. The molecule has 2 unspecified atom stereocenters. The first-order chi connectivity index (χ1) is 9.77. The van der Waals surface area contributed by atoms with Crippen molar-refractivity contribution in [3.63, 3.8) is 0 Å². The molecule has 8 heteroatoms. The number of hydrogen-bond acceptors (Lipinski definition) is 7. The van der Waals surface area contributed by atoms with Crippen LogP contribution >= 0.6 is 0 Å². The summed E-state index contributed by atoms with van der Waals surface area (Å²) in [5.41, 5.74) is 0. The molecule has 0 saturated heterocycles. The molecule has 0 rings (SSSR count). The minimum atomic E-state index is -1.25. The summed E-state index contributed by atoms with van der Waals surface area (Å²) in [6.45, 7) is 5.91. The van der Waals surface area contributed by atoms with Gasteiger partial charge in [-0.05, 0) is 13.8 Å². The standard InChI is InChI=1S/C13H18O8/c1-4-7-19-12(17)8(2)21-13(18)9(3)20-11(16)6-5-10(14)15/h4,8-9H,1,5-7H2,2-3H3,(H,14,15). The van der Waals surface area contributed by atoms with Gasteiger partial charge in [-0.15, -0.1) is 0 Å². The van der Waals surface area contributed by atoms with Gasteiger partial charge in [-0.25, -0.2) is 9.59 Å². The van der Waals surface area contributed by atoms with Crippen molar-refractivity contribution in [2.45, 2.75) is 38.9 Å². The van der Waals surface area contributed by atoms with Crippen LogP contribution in [0.3, 0.4) is 0 Å². The number of carboxylic acid groups (broad SMARTS) is 1. The summed E-state index contributed by atoms with van der Waals surface area (Å²) in [4.78, 5) is 44.4. The lowest BCUT2D eigenvalue weighted by molar-refractivity contribution is -0.176. The molecule has 0 aliphatic heterocycles. The van der Waals surface area contributed by atoms with Crippen molar-refractivity contribution in [2.24, 2.45) is 0 Å². The molecule has 1 N–H and O–H groups in total. The Hall–Kier alpha value is -2.38. The van der Waals surface area contributed by atoms with E-state index in [1.54, 1.807) is 0 Å². The summed E-state index contributed by atoms with van der Waals surface area (Å²) in [5, 5.41) is 8.40. The highest BCUT2D eigenvalue weighted by molar-refractivity contribution is 5.83. The maximum atomic E-state index is 11.6. The van der Waals surface area contributed by atoms with Crippen molar-refractivity contribution in [1.29, 1.82) is 0 Å². The lowest BCUT2D eigenvalue weighted by Crippen LogP contribution is -2.33. The number of ether oxygens (including phenoxy) is 3. The SMILES string of the molecule is C=CCOC(=O)C(C)OC(=O)C(C)OC(=O)CCC(=O)O. The molecule has 0 heterocycles. The number of carbonyl (C=O) groups excluding carboxylic acids is 3. The van der Waals surface area contributed by atoms with E-state index in [1.807, 2.05) is 0 Å². The molecule has 0 aliphatic carbocycles. The van der Waals surface area contributed by atoms with Gasteiger partial charge in [0, 0.05) is 0 Å². The number of rotatable bonds is 9. The third kappa shape index (κ3) is 8.40. The topological polar surface area (TPSA) is 116 Å². The molecule has 8 nitrogen and oxygen atoms in total. The molecule has 0 aromatic carbocycles. The first-order valence-electron chi connectivity index (χ1n) is 6.17. The van der Waals surface area contributed by atoms with Crippen molar-refractivity contribution in [2.75, 3.05) is 6.61 Å². The van der Waals surface area contributed by atoms with Crippen LogP contribution in [0.25, 0.3) is 0 Å². The van der Waals surface area contributed by atoms with Crippen molar-refractivity contribution >= 4 is 23.9 Å². The first-order valence-corrected chi connectivity index (χ1v) is 6.17. The largest absolute Gasteiger partial charge is 0.481 e. The Bertz CT molecular complexity index is 414. The quantitative estimate of drug-likeness (QED) is 0.370. The molecular weight excluding hydrogens is 284 g/mol. The van der Waals surface area contributed by atoms with Gasteiger partial charge >= 0.3 is 23.9 Å². The van der Waals surface area contributed by atoms with Crippen molar-refractivity contribution in [3.8, 4) is 0 Å². The minimum Gasteiger partial charge on any atom is -0.481 e. The smallest absolute Gasteiger partial charge is 0.347 e. The highest BCUT2D eigenvalue weighted by Crippen LogP contribution is 2.04. The number of carbonyl (C=O) groups is 4. The van der Waals surface area contributed by atoms with E-state index in [4.69, 9.17) is 9.84 Å². The average Bonchev–Trinajstić information content (AvgIpc) is 2.42. The molecule has 2 atom stereocenters. The highest BCUT2D eigenvalue weighted by Gasteiger charge is 2.25. The van der Waals surface area contributed by atoms with Gasteiger partial charge in [0.05, 0.1) is 12.8 Å². The lowest BCUT2D eigenvalue weighted by atomic mass is 10.3. The van der Waals surface area contributed by atoms with Crippen LogP contribution in [0, 0.1) is 0 Å². The first kappa shape index (κ1) is 18.6. The molecule has 0 spiro atoms. The number of carboxylic acids is 1. The molecule has 0 radical (unpaired) electrons. The normalized spacial score (nSPS) is 12.7. The van der Waals surface area contributed by atoms with Gasteiger partial charge < -0.3 is 19.3 Å². The van der Waals surface area contributed by atoms with Crippen LogP contribution in [0.2, 0.25) is 0 Å². The van der Waals surface area contributed by atoms with E-state index in [2.05, 4.69) is 16.1 Å². The summed E-state index contributed by atoms with van der Waals surface area (Å²) < 4.78 is 14.1. The van der Waals surface area contributed by atoms with Gasteiger partial charge in [0.25, 0.3) is 0 Å². The molecule has 0 aromatic heterocycles. The Kier molecular flexibility index (Phi) is 8.43. The number of aliphatic carboxylic acids is 1. The summed E-state index contributed by atoms with van der Waals surface area (Å²) in [7, 11) is 0. The zero-order valence-corrected chi connectivity index (χ0v) is 11.9.